The summed E-state index contributed by atoms with van der Waals surface area (Å²) in [6.45, 7) is 4.82. The number of fused-ring (bicyclic) bond motifs is 7. The maximum atomic E-state index is 2.76. The van der Waals surface area contributed by atoms with Gasteiger partial charge >= 0.3 is 0 Å². The zero-order valence-electron chi connectivity index (χ0n) is 31.0. The predicted molar refractivity (Wildman–Crippen MR) is 231 cm³/mol. The second-order valence-corrected chi connectivity index (χ2v) is 18.2. The van der Waals surface area contributed by atoms with Crippen LogP contribution in [0.1, 0.15) is 58.7 Å². The molecule has 2 nitrogen and oxygen atoms in total. The summed E-state index contributed by atoms with van der Waals surface area (Å²) in [5.74, 6) is 0.325. The van der Waals surface area contributed by atoms with Crippen molar-refractivity contribution in [1.29, 1.82) is 0 Å². The molecule has 7 aliphatic rings. The number of anilines is 5. The van der Waals surface area contributed by atoms with E-state index in [0.717, 1.165) is 32.1 Å². The molecule has 0 bridgehead atoms. The van der Waals surface area contributed by atoms with Gasteiger partial charge in [-0.05, 0) is 155 Å². The van der Waals surface area contributed by atoms with Gasteiger partial charge in [0.15, 0.2) is 0 Å². The summed E-state index contributed by atoms with van der Waals surface area (Å²) < 4.78 is 0. The average molecular weight is 713 g/mol. The van der Waals surface area contributed by atoms with E-state index in [0.29, 0.717) is 11.2 Å². The van der Waals surface area contributed by atoms with Gasteiger partial charge in [0.1, 0.15) is 0 Å². The standard InChI is InChI=1S/C50H41BN2S/c1-28-13-24-44-38(25-28)49-50(54-44)51-39-21-18-30-7-3-4-10-35(30)48(39)52(40-22-19-33-16-14-31-8-5-11-36(40)45(31)33)42-26-29(2)27-43(47(42)51)53(49)41-23-20-34-17-15-32-9-6-12-37(41)46(32)34/h5-6,8-9,11-13,18-27,38,44H,3-4,7,10,14-17H2,1-2H3/t38-,44?/m1/s1. The van der Waals surface area contributed by atoms with Gasteiger partial charge in [-0.1, -0.05) is 84.5 Å². The Labute approximate surface area is 322 Å². The Morgan fingerprint density at radius 3 is 1.98 bits per heavy atom. The van der Waals surface area contributed by atoms with E-state index >= 15 is 0 Å². The first-order chi connectivity index (χ1) is 26.6. The maximum Gasteiger partial charge on any atom is 0.259 e. The highest BCUT2D eigenvalue weighted by molar-refractivity contribution is 8.06. The van der Waals surface area contributed by atoms with Crippen LogP contribution in [-0.2, 0) is 38.5 Å². The Morgan fingerprint density at radius 2 is 1.26 bits per heavy atom. The predicted octanol–water partition coefficient (Wildman–Crippen LogP) is 10.9. The number of hydrogen-bond donors (Lipinski definition) is 0. The van der Waals surface area contributed by atoms with E-state index in [1.54, 1.807) is 15.9 Å². The van der Waals surface area contributed by atoms with Crippen molar-refractivity contribution in [2.24, 2.45) is 5.92 Å². The molecule has 4 heteroatoms. The van der Waals surface area contributed by atoms with Crippen molar-refractivity contribution >= 4 is 79.4 Å². The Hall–Kier alpha value is -4.93. The smallest absolute Gasteiger partial charge is 0.259 e. The Morgan fingerprint density at radius 1 is 0.630 bits per heavy atom. The minimum Gasteiger partial charge on any atom is -0.313 e. The molecule has 3 heterocycles. The number of thioether (sulfide) groups is 1. The molecule has 54 heavy (non-hydrogen) atoms. The van der Waals surface area contributed by atoms with Crippen LogP contribution in [0.15, 0.2) is 119 Å². The molecule has 4 aliphatic carbocycles. The molecule has 0 radical (unpaired) electrons. The van der Waals surface area contributed by atoms with Gasteiger partial charge in [0, 0.05) is 44.7 Å². The van der Waals surface area contributed by atoms with Gasteiger partial charge in [-0.15, -0.1) is 11.8 Å². The van der Waals surface area contributed by atoms with Crippen LogP contribution in [0.2, 0.25) is 0 Å². The fourth-order valence-corrected chi connectivity index (χ4v) is 13.3. The first-order valence-corrected chi connectivity index (χ1v) is 21.2. The van der Waals surface area contributed by atoms with Crippen molar-refractivity contribution in [3.63, 3.8) is 0 Å². The number of hydrogen-bond acceptors (Lipinski definition) is 3. The van der Waals surface area contributed by atoms with Crippen molar-refractivity contribution < 1.29 is 0 Å². The highest BCUT2D eigenvalue weighted by Gasteiger charge is 2.51. The molecule has 1 unspecified atom stereocenters. The summed E-state index contributed by atoms with van der Waals surface area (Å²) >= 11 is 2.15. The highest BCUT2D eigenvalue weighted by atomic mass is 32.2. The van der Waals surface area contributed by atoms with Crippen molar-refractivity contribution in [3.05, 3.63) is 158 Å². The quantitative estimate of drug-likeness (QED) is 0.165. The molecule has 0 saturated carbocycles. The monoisotopic (exact) mass is 712 g/mol. The SMILES string of the molecule is CC1=C[C@H]2C3=C(SC2C=C1)B1c2ccc4c(c2N(c2ccc5c6c(cccc26)CC5)c2cc(C)cc(c21)N3c1ccc2c3c(cccc13)CC2)CCCC4. The van der Waals surface area contributed by atoms with Crippen LogP contribution in [0, 0.1) is 12.8 Å². The Bertz CT molecular complexity index is 2800. The number of benzene rings is 6. The van der Waals surface area contributed by atoms with Gasteiger partial charge in [-0.25, -0.2) is 0 Å². The minimum absolute atomic E-state index is 0.201. The number of nitrogens with zero attached hydrogens (tertiary/aromatic N) is 2. The van der Waals surface area contributed by atoms with Crippen LogP contribution in [0.3, 0.4) is 0 Å². The largest absolute Gasteiger partial charge is 0.313 e. The third-order valence-corrected chi connectivity index (χ3v) is 15.4. The number of allylic oxidation sites excluding steroid dienone is 3. The summed E-state index contributed by atoms with van der Waals surface area (Å²) in [5.41, 5.74) is 23.3. The van der Waals surface area contributed by atoms with E-state index in [-0.39, 0.29) is 6.71 Å². The molecule has 13 rings (SSSR count). The lowest BCUT2D eigenvalue weighted by molar-refractivity contribution is 0.686. The van der Waals surface area contributed by atoms with Crippen LogP contribution in [0.25, 0.3) is 21.5 Å². The molecular weight excluding hydrogens is 671 g/mol. The Kier molecular flexibility index (Phi) is 6.11. The third kappa shape index (κ3) is 3.90. The zero-order valence-corrected chi connectivity index (χ0v) is 31.8. The van der Waals surface area contributed by atoms with Crippen LogP contribution in [-0.4, -0.2) is 12.0 Å². The van der Waals surface area contributed by atoms with E-state index in [4.69, 9.17) is 0 Å². The lowest BCUT2D eigenvalue weighted by atomic mass is 9.36. The van der Waals surface area contributed by atoms with Crippen LogP contribution in [0.4, 0.5) is 28.4 Å². The topological polar surface area (TPSA) is 6.48 Å². The molecule has 6 aromatic carbocycles. The van der Waals surface area contributed by atoms with Crippen LogP contribution >= 0.6 is 11.8 Å². The van der Waals surface area contributed by atoms with Crippen molar-refractivity contribution in [1.82, 2.24) is 0 Å². The minimum atomic E-state index is 0.201. The molecule has 3 aliphatic heterocycles. The van der Waals surface area contributed by atoms with Gasteiger partial charge in [0.05, 0.1) is 11.4 Å². The molecular formula is C50H41BN2S. The third-order valence-electron chi connectivity index (χ3n) is 14.0. The fourth-order valence-electron chi connectivity index (χ4n) is 11.8. The molecule has 0 spiro atoms. The van der Waals surface area contributed by atoms with E-state index in [1.165, 1.54) is 119 Å². The van der Waals surface area contributed by atoms with Gasteiger partial charge in [-0.3, -0.25) is 0 Å². The molecule has 260 valence electrons. The molecule has 6 aromatic rings. The van der Waals surface area contributed by atoms with Crippen molar-refractivity contribution in [2.45, 2.75) is 70.5 Å². The highest BCUT2D eigenvalue weighted by Crippen LogP contribution is 2.57. The molecule has 0 saturated heterocycles. The summed E-state index contributed by atoms with van der Waals surface area (Å²) in [6.07, 6.45) is 16.9. The second kappa shape index (κ2) is 10.9. The second-order valence-electron chi connectivity index (χ2n) is 17.0. The Balaban J connectivity index is 1.16. The van der Waals surface area contributed by atoms with Gasteiger partial charge < -0.3 is 9.80 Å². The van der Waals surface area contributed by atoms with E-state index in [2.05, 4.69) is 139 Å². The molecule has 2 atom stereocenters. The van der Waals surface area contributed by atoms with E-state index in [1.807, 2.05) is 0 Å². The van der Waals surface area contributed by atoms with E-state index < -0.39 is 0 Å². The summed E-state index contributed by atoms with van der Waals surface area (Å²) in [6, 6.07) is 34.1. The lowest BCUT2D eigenvalue weighted by Gasteiger charge is -2.46. The first kappa shape index (κ1) is 30.4. The first-order valence-electron chi connectivity index (χ1n) is 20.3. The van der Waals surface area contributed by atoms with Crippen molar-refractivity contribution in [2.75, 3.05) is 9.80 Å². The summed E-state index contributed by atoms with van der Waals surface area (Å²) in [4.78, 5) is 7.07. The van der Waals surface area contributed by atoms with E-state index in [9.17, 15) is 0 Å². The average Bonchev–Trinajstić information content (AvgIpc) is 3.92. The molecule has 0 fully saturated rings. The maximum absolute atomic E-state index is 2.76. The normalized spacial score (nSPS) is 21.1. The van der Waals surface area contributed by atoms with Gasteiger partial charge in [0.25, 0.3) is 6.71 Å². The van der Waals surface area contributed by atoms with Gasteiger partial charge in [-0.2, -0.15) is 0 Å². The summed E-state index contributed by atoms with van der Waals surface area (Å²) in [7, 11) is 0. The van der Waals surface area contributed by atoms with Gasteiger partial charge in [0.2, 0.25) is 0 Å². The lowest BCUT2D eigenvalue weighted by Crippen LogP contribution is -2.56. The summed E-state index contributed by atoms with van der Waals surface area (Å²) in [5, 5.41) is 6.19. The van der Waals surface area contributed by atoms with Crippen molar-refractivity contribution in [3.8, 4) is 0 Å². The number of rotatable bonds is 2. The molecule has 0 N–H and O–H groups in total. The fraction of sp³-hybridized carbons (Fsp3) is 0.240. The van der Waals surface area contributed by atoms with Crippen LogP contribution in [0.5, 0.6) is 0 Å². The number of aryl methyl sites for hydroxylation is 6. The molecule has 0 aromatic heterocycles. The zero-order chi connectivity index (χ0) is 35.4. The molecule has 0 amide bonds. The van der Waals surface area contributed by atoms with Crippen LogP contribution < -0.4 is 20.7 Å².